The van der Waals surface area contributed by atoms with Gasteiger partial charge in [-0.25, -0.2) is 4.98 Å². The number of aromatic nitrogens is 1. The quantitative estimate of drug-likeness (QED) is 0.846. The molecule has 1 aromatic heterocycles. The zero-order valence-corrected chi connectivity index (χ0v) is 11.0. The van der Waals surface area contributed by atoms with Crippen LogP contribution in [0.15, 0.2) is 18.3 Å². The molecular weight excluding hydrogens is 252 g/mol. The second kappa shape index (κ2) is 5.56. The normalized spacial score (nSPS) is 17.6. The van der Waals surface area contributed by atoms with Gasteiger partial charge >= 0.3 is 10.1 Å². The van der Waals surface area contributed by atoms with Crippen molar-refractivity contribution < 1.29 is 12.6 Å². The molecule has 0 amide bonds. The van der Waals surface area contributed by atoms with E-state index in [1.165, 1.54) is 18.7 Å². The smallest absolute Gasteiger partial charge is 0.309 e. The summed E-state index contributed by atoms with van der Waals surface area (Å²) in [7, 11) is -3.58. The van der Waals surface area contributed by atoms with Crippen LogP contribution in [0, 0.1) is 5.92 Å². The monoisotopic (exact) mass is 270 g/mol. The summed E-state index contributed by atoms with van der Waals surface area (Å²) in [6.07, 6.45) is 6.84. The molecule has 1 heterocycles. The van der Waals surface area contributed by atoms with E-state index in [1.54, 1.807) is 6.07 Å². The summed E-state index contributed by atoms with van der Waals surface area (Å²) in [6, 6.07) is 3.11. The molecule has 0 saturated heterocycles. The van der Waals surface area contributed by atoms with Crippen molar-refractivity contribution in [2.75, 3.05) is 11.5 Å². The second-order valence-corrected chi connectivity index (χ2v) is 6.31. The van der Waals surface area contributed by atoms with E-state index in [0.717, 1.165) is 25.7 Å². The van der Waals surface area contributed by atoms with Crippen molar-refractivity contribution in [2.24, 2.45) is 5.92 Å². The Kier molecular flexibility index (Phi) is 4.06. The second-order valence-electron chi connectivity index (χ2n) is 4.70. The molecule has 0 bridgehead atoms. The summed E-state index contributed by atoms with van der Waals surface area (Å²) in [4.78, 5) is 3.80. The first-order valence-electron chi connectivity index (χ1n) is 6.19. The third-order valence-electron chi connectivity index (χ3n) is 3.18. The van der Waals surface area contributed by atoms with Crippen LogP contribution in [0.5, 0.6) is 5.75 Å². The molecule has 18 heavy (non-hydrogen) atoms. The van der Waals surface area contributed by atoms with Crippen LogP contribution in [0.3, 0.4) is 0 Å². The van der Waals surface area contributed by atoms with Crippen LogP contribution >= 0.6 is 0 Å². The van der Waals surface area contributed by atoms with Crippen LogP contribution in [0.1, 0.15) is 32.1 Å². The van der Waals surface area contributed by atoms with Gasteiger partial charge in [-0.15, -0.1) is 0 Å². The van der Waals surface area contributed by atoms with E-state index in [0.29, 0.717) is 0 Å². The number of pyridine rings is 1. The number of nitrogens with zero attached hydrogens (tertiary/aromatic N) is 1. The topological polar surface area (TPSA) is 82.3 Å². The van der Waals surface area contributed by atoms with Crippen molar-refractivity contribution in [3.8, 4) is 5.75 Å². The number of nitrogen functional groups attached to an aromatic ring is 1. The highest BCUT2D eigenvalue weighted by molar-refractivity contribution is 7.87. The van der Waals surface area contributed by atoms with Gasteiger partial charge < -0.3 is 9.92 Å². The van der Waals surface area contributed by atoms with Gasteiger partial charge in [0, 0.05) is 6.20 Å². The first kappa shape index (κ1) is 13.1. The van der Waals surface area contributed by atoms with Crippen molar-refractivity contribution in [3.05, 3.63) is 18.3 Å². The SMILES string of the molecule is Nc1ncccc1OS(=O)(=O)CC1CCCCC1. The summed E-state index contributed by atoms with van der Waals surface area (Å²) in [5.74, 6) is 0.501. The number of anilines is 1. The molecule has 2 N–H and O–H groups in total. The Morgan fingerprint density at radius 2 is 2.06 bits per heavy atom. The Morgan fingerprint density at radius 3 is 2.72 bits per heavy atom. The molecule has 100 valence electrons. The molecule has 0 spiro atoms. The summed E-state index contributed by atoms with van der Waals surface area (Å²) < 4.78 is 28.8. The first-order valence-corrected chi connectivity index (χ1v) is 7.77. The maximum absolute atomic E-state index is 11.9. The van der Waals surface area contributed by atoms with Crippen LogP contribution in [0.2, 0.25) is 0 Å². The van der Waals surface area contributed by atoms with Crippen LogP contribution in [-0.2, 0) is 10.1 Å². The molecule has 6 heteroatoms. The molecule has 0 atom stereocenters. The molecule has 0 unspecified atom stereocenters. The van der Waals surface area contributed by atoms with Crippen LogP contribution in [0.25, 0.3) is 0 Å². The lowest BCUT2D eigenvalue weighted by molar-refractivity contribution is 0.375. The Labute approximate surface area is 107 Å². The van der Waals surface area contributed by atoms with E-state index in [-0.39, 0.29) is 23.2 Å². The van der Waals surface area contributed by atoms with Crippen molar-refractivity contribution in [1.82, 2.24) is 4.98 Å². The van der Waals surface area contributed by atoms with Crippen molar-refractivity contribution in [3.63, 3.8) is 0 Å². The Balaban J connectivity index is 2.01. The average molecular weight is 270 g/mol. The van der Waals surface area contributed by atoms with Crippen molar-refractivity contribution >= 4 is 15.9 Å². The van der Waals surface area contributed by atoms with Gasteiger partial charge in [0.1, 0.15) is 0 Å². The largest absolute Gasteiger partial charge is 0.381 e. The lowest BCUT2D eigenvalue weighted by Gasteiger charge is -2.21. The van der Waals surface area contributed by atoms with Gasteiger partial charge in [0.2, 0.25) is 0 Å². The Morgan fingerprint density at radius 1 is 1.33 bits per heavy atom. The van der Waals surface area contributed by atoms with E-state index in [9.17, 15) is 8.42 Å². The number of hydrogen-bond acceptors (Lipinski definition) is 5. The zero-order valence-electron chi connectivity index (χ0n) is 10.2. The van der Waals surface area contributed by atoms with Gasteiger partial charge in [-0.2, -0.15) is 8.42 Å². The molecule has 1 saturated carbocycles. The highest BCUT2D eigenvalue weighted by Gasteiger charge is 2.23. The summed E-state index contributed by atoms with van der Waals surface area (Å²) in [5.41, 5.74) is 5.56. The van der Waals surface area contributed by atoms with Gasteiger partial charge in [-0.3, -0.25) is 0 Å². The predicted octanol–water partition coefficient (Wildman–Crippen LogP) is 1.95. The molecule has 0 radical (unpaired) electrons. The zero-order chi connectivity index (χ0) is 13.0. The molecule has 0 aliphatic heterocycles. The minimum atomic E-state index is -3.58. The summed E-state index contributed by atoms with van der Waals surface area (Å²) >= 11 is 0. The lowest BCUT2D eigenvalue weighted by Crippen LogP contribution is -2.23. The molecular formula is C12H18N2O3S. The molecule has 2 rings (SSSR count). The first-order chi connectivity index (χ1) is 8.57. The van der Waals surface area contributed by atoms with Gasteiger partial charge in [0.25, 0.3) is 0 Å². The van der Waals surface area contributed by atoms with E-state index in [1.807, 2.05) is 0 Å². The van der Waals surface area contributed by atoms with E-state index in [4.69, 9.17) is 9.92 Å². The molecule has 0 aromatic carbocycles. The van der Waals surface area contributed by atoms with Crippen LogP contribution in [0.4, 0.5) is 5.82 Å². The number of hydrogen-bond donors (Lipinski definition) is 1. The highest BCUT2D eigenvalue weighted by atomic mass is 32.2. The Bertz CT molecular complexity index is 496. The van der Waals surface area contributed by atoms with Gasteiger partial charge in [-0.05, 0) is 30.9 Å². The molecule has 1 aliphatic rings. The minimum absolute atomic E-state index is 0.0708. The summed E-state index contributed by atoms with van der Waals surface area (Å²) in [6.45, 7) is 0. The number of nitrogens with two attached hydrogens (primary N) is 1. The average Bonchev–Trinajstić information content (AvgIpc) is 2.32. The summed E-state index contributed by atoms with van der Waals surface area (Å²) in [5, 5.41) is 0. The van der Waals surface area contributed by atoms with Crippen LogP contribution in [-0.4, -0.2) is 19.2 Å². The minimum Gasteiger partial charge on any atom is -0.381 e. The fourth-order valence-electron chi connectivity index (χ4n) is 2.29. The van der Waals surface area contributed by atoms with Gasteiger partial charge in [0.15, 0.2) is 11.6 Å². The maximum atomic E-state index is 11.9. The molecule has 1 aliphatic carbocycles. The van der Waals surface area contributed by atoms with Crippen LogP contribution < -0.4 is 9.92 Å². The molecule has 1 fully saturated rings. The molecule has 1 aromatic rings. The fraction of sp³-hybridized carbons (Fsp3) is 0.583. The predicted molar refractivity (Wildman–Crippen MR) is 69.6 cm³/mol. The Hall–Kier alpha value is -1.30. The van der Waals surface area contributed by atoms with E-state index in [2.05, 4.69) is 4.98 Å². The number of rotatable bonds is 4. The standard InChI is InChI=1S/C12H18N2O3S/c13-12-11(7-4-8-14-12)17-18(15,16)9-10-5-2-1-3-6-10/h4,7-8,10H,1-3,5-6,9H2,(H2,13,14). The fourth-order valence-corrected chi connectivity index (χ4v) is 3.68. The third-order valence-corrected chi connectivity index (χ3v) is 4.49. The van der Waals surface area contributed by atoms with E-state index < -0.39 is 10.1 Å². The van der Waals surface area contributed by atoms with Crippen molar-refractivity contribution in [1.29, 1.82) is 0 Å². The lowest BCUT2D eigenvalue weighted by atomic mass is 9.91. The van der Waals surface area contributed by atoms with Crippen molar-refractivity contribution in [2.45, 2.75) is 32.1 Å². The maximum Gasteiger partial charge on any atom is 0.309 e. The molecule has 5 nitrogen and oxygen atoms in total. The van der Waals surface area contributed by atoms with Gasteiger partial charge in [-0.1, -0.05) is 19.3 Å². The third kappa shape index (κ3) is 3.60. The highest BCUT2D eigenvalue weighted by Crippen LogP contribution is 2.26. The van der Waals surface area contributed by atoms with Gasteiger partial charge in [0.05, 0.1) is 5.75 Å². The van der Waals surface area contributed by atoms with E-state index >= 15 is 0 Å².